The average molecular weight is 277 g/mol. The number of aryl methyl sites for hydroxylation is 1. The minimum atomic E-state index is 0.310. The van der Waals surface area contributed by atoms with Gasteiger partial charge in [0.25, 0.3) is 0 Å². The molecule has 0 aliphatic heterocycles. The van der Waals surface area contributed by atoms with Crippen molar-refractivity contribution >= 4 is 16.9 Å². The van der Waals surface area contributed by atoms with Crippen molar-refractivity contribution in [3.8, 4) is 11.3 Å². The largest absolute Gasteiger partial charge is 0.366 e. The van der Waals surface area contributed by atoms with Crippen LogP contribution in [0.3, 0.4) is 0 Å². The van der Waals surface area contributed by atoms with E-state index in [1.807, 2.05) is 24.3 Å². The molecule has 3 nitrogen and oxygen atoms in total. The lowest BCUT2D eigenvalue weighted by Crippen LogP contribution is -2.13. The standard InChI is InChI=1S/C18H19N3/c1-12(2)19-18-17(14-7-5-4-6-8-14)20-16-11-13(3)9-10-15(16)21-18/h4-12H,1-3H3,(H,19,21). The van der Waals surface area contributed by atoms with Gasteiger partial charge in [-0.25, -0.2) is 9.97 Å². The van der Waals surface area contributed by atoms with Crippen LogP contribution in [-0.2, 0) is 0 Å². The van der Waals surface area contributed by atoms with Crippen LogP contribution in [0.4, 0.5) is 5.82 Å². The smallest absolute Gasteiger partial charge is 0.153 e. The van der Waals surface area contributed by atoms with Crippen LogP contribution in [0.1, 0.15) is 19.4 Å². The summed E-state index contributed by atoms with van der Waals surface area (Å²) in [5.41, 5.74) is 5.03. The van der Waals surface area contributed by atoms with Gasteiger partial charge in [-0.1, -0.05) is 36.4 Å². The molecule has 1 N–H and O–H groups in total. The van der Waals surface area contributed by atoms with E-state index < -0.39 is 0 Å². The van der Waals surface area contributed by atoms with E-state index in [-0.39, 0.29) is 0 Å². The van der Waals surface area contributed by atoms with Crippen LogP contribution in [0.5, 0.6) is 0 Å². The van der Waals surface area contributed by atoms with Crippen molar-refractivity contribution in [3.05, 3.63) is 54.1 Å². The normalized spacial score (nSPS) is 11.0. The minimum absolute atomic E-state index is 0.310. The van der Waals surface area contributed by atoms with E-state index in [2.05, 4.69) is 50.4 Å². The molecule has 1 heterocycles. The zero-order valence-electron chi connectivity index (χ0n) is 12.6. The average Bonchev–Trinajstić information content (AvgIpc) is 2.47. The molecule has 0 amide bonds. The second kappa shape index (κ2) is 5.52. The van der Waals surface area contributed by atoms with Crippen LogP contribution in [-0.4, -0.2) is 16.0 Å². The van der Waals surface area contributed by atoms with Crippen molar-refractivity contribution < 1.29 is 0 Å². The second-order valence-electron chi connectivity index (χ2n) is 5.58. The Labute approximate surface area is 125 Å². The van der Waals surface area contributed by atoms with Gasteiger partial charge in [-0.15, -0.1) is 0 Å². The Morgan fingerprint density at radius 3 is 2.38 bits per heavy atom. The Balaban J connectivity index is 2.23. The van der Waals surface area contributed by atoms with E-state index >= 15 is 0 Å². The first-order valence-electron chi connectivity index (χ1n) is 7.24. The third-order valence-corrected chi connectivity index (χ3v) is 3.29. The maximum absolute atomic E-state index is 4.83. The Bertz CT molecular complexity index is 764. The summed E-state index contributed by atoms with van der Waals surface area (Å²) >= 11 is 0. The van der Waals surface area contributed by atoms with Crippen LogP contribution in [0.25, 0.3) is 22.3 Å². The number of hydrogen-bond donors (Lipinski definition) is 1. The molecular formula is C18H19N3. The van der Waals surface area contributed by atoms with Gasteiger partial charge in [-0.3, -0.25) is 0 Å². The summed E-state index contributed by atoms with van der Waals surface area (Å²) in [7, 11) is 0. The molecule has 0 radical (unpaired) electrons. The van der Waals surface area contributed by atoms with Crippen molar-refractivity contribution in [1.82, 2.24) is 9.97 Å². The number of nitrogens with one attached hydrogen (secondary N) is 1. The van der Waals surface area contributed by atoms with Crippen LogP contribution in [0, 0.1) is 6.92 Å². The third kappa shape index (κ3) is 2.87. The number of aromatic nitrogens is 2. The molecule has 1 aromatic heterocycles. The first-order chi connectivity index (χ1) is 10.1. The van der Waals surface area contributed by atoms with Crippen molar-refractivity contribution in [1.29, 1.82) is 0 Å². The Morgan fingerprint density at radius 1 is 0.905 bits per heavy atom. The monoisotopic (exact) mass is 277 g/mol. The summed E-state index contributed by atoms with van der Waals surface area (Å²) in [6, 6.07) is 16.7. The Kier molecular flexibility index (Phi) is 3.57. The summed E-state index contributed by atoms with van der Waals surface area (Å²) in [6.07, 6.45) is 0. The maximum Gasteiger partial charge on any atom is 0.153 e. The van der Waals surface area contributed by atoms with Crippen molar-refractivity contribution in [2.45, 2.75) is 26.8 Å². The molecule has 21 heavy (non-hydrogen) atoms. The molecule has 3 rings (SSSR count). The summed E-state index contributed by atoms with van der Waals surface area (Å²) in [5.74, 6) is 0.840. The molecule has 106 valence electrons. The number of rotatable bonds is 3. The third-order valence-electron chi connectivity index (χ3n) is 3.29. The topological polar surface area (TPSA) is 37.8 Å². The Morgan fingerprint density at radius 2 is 1.67 bits per heavy atom. The fourth-order valence-electron chi connectivity index (χ4n) is 2.34. The number of benzene rings is 2. The zero-order chi connectivity index (χ0) is 14.8. The zero-order valence-corrected chi connectivity index (χ0v) is 12.6. The van der Waals surface area contributed by atoms with Gasteiger partial charge in [-0.05, 0) is 38.5 Å². The molecule has 0 aliphatic carbocycles. The lowest BCUT2D eigenvalue weighted by Gasteiger charge is -2.14. The summed E-state index contributed by atoms with van der Waals surface area (Å²) in [4.78, 5) is 9.59. The van der Waals surface area contributed by atoms with Crippen LogP contribution >= 0.6 is 0 Å². The van der Waals surface area contributed by atoms with Gasteiger partial charge in [-0.2, -0.15) is 0 Å². The number of fused-ring (bicyclic) bond motifs is 1. The molecule has 0 fully saturated rings. The number of nitrogens with zero attached hydrogens (tertiary/aromatic N) is 2. The van der Waals surface area contributed by atoms with Crippen molar-refractivity contribution in [3.63, 3.8) is 0 Å². The van der Waals surface area contributed by atoms with E-state index in [1.165, 1.54) is 5.56 Å². The van der Waals surface area contributed by atoms with Crippen LogP contribution in [0.2, 0.25) is 0 Å². The highest BCUT2D eigenvalue weighted by atomic mass is 15.0. The molecule has 0 bridgehead atoms. The van der Waals surface area contributed by atoms with Gasteiger partial charge in [0.15, 0.2) is 5.82 Å². The highest BCUT2D eigenvalue weighted by Crippen LogP contribution is 2.27. The molecule has 0 unspecified atom stereocenters. The maximum atomic E-state index is 4.83. The highest BCUT2D eigenvalue weighted by molar-refractivity contribution is 5.83. The number of hydrogen-bond acceptors (Lipinski definition) is 3. The molecule has 0 spiro atoms. The number of anilines is 1. The quantitative estimate of drug-likeness (QED) is 0.769. The molecule has 0 aliphatic rings. The molecule has 3 heteroatoms. The van der Waals surface area contributed by atoms with Crippen molar-refractivity contribution in [2.75, 3.05) is 5.32 Å². The first-order valence-corrected chi connectivity index (χ1v) is 7.24. The van der Waals surface area contributed by atoms with E-state index in [1.54, 1.807) is 0 Å². The molecule has 2 aromatic carbocycles. The second-order valence-corrected chi connectivity index (χ2v) is 5.58. The summed E-state index contributed by atoms with van der Waals surface area (Å²) < 4.78 is 0. The predicted octanol–water partition coefficient (Wildman–Crippen LogP) is 4.43. The van der Waals surface area contributed by atoms with Gasteiger partial charge < -0.3 is 5.32 Å². The predicted molar refractivity (Wildman–Crippen MR) is 88.5 cm³/mol. The van der Waals surface area contributed by atoms with E-state index in [0.717, 1.165) is 28.1 Å². The molecule has 0 saturated heterocycles. The summed E-state index contributed by atoms with van der Waals surface area (Å²) in [5, 5.41) is 3.40. The van der Waals surface area contributed by atoms with Gasteiger partial charge in [0.05, 0.1) is 11.0 Å². The fourth-order valence-corrected chi connectivity index (χ4v) is 2.34. The lowest BCUT2D eigenvalue weighted by molar-refractivity contribution is 0.890. The highest BCUT2D eigenvalue weighted by Gasteiger charge is 2.11. The van der Waals surface area contributed by atoms with Gasteiger partial charge >= 0.3 is 0 Å². The van der Waals surface area contributed by atoms with Gasteiger partial charge in [0.2, 0.25) is 0 Å². The molecule has 0 atom stereocenters. The minimum Gasteiger partial charge on any atom is -0.366 e. The summed E-state index contributed by atoms with van der Waals surface area (Å²) in [6.45, 7) is 6.29. The van der Waals surface area contributed by atoms with E-state index in [4.69, 9.17) is 9.97 Å². The SMILES string of the molecule is Cc1ccc2nc(NC(C)C)c(-c3ccccc3)nc2c1. The van der Waals surface area contributed by atoms with Gasteiger partial charge in [0.1, 0.15) is 5.69 Å². The van der Waals surface area contributed by atoms with Gasteiger partial charge in [0, 0.05) is 11.6 Å². The van der Waals surface area contributed by atoms with E-state index in [9.17, 15) is 0 Å². The van der Waals surface area contributed by atoms with Crippen molar-refractivity contribution in [2.24, 2.45) is 0 Å². The lowest BCUT2D eigenvalue weighted by atomic mass is 10.1. The molecule has 3 aromatic rings. The molecular weight excluding hydrogens is 258 g/mol. The first kappa shape index (κ1) is 13.6. The fraction of sp³-hybridized carbons (Fsp3) is 0.222. The van der Waals surface area contributed by atoms with Crippen LogP contribution in [0.15, 0.2) is 48.5 Å². The van der Waals surface area contributed by atoms with Crippen LogP contribution < -0.4 is 5.32 Å². The molecule has 0 saturated carbocycles. The van der Waals surface area contributed by atoms with E-state index in [0.29, 0.717) is 6.04 Å². The Hall–Kier alpha value is -2.42.